The molecule has 0 spiro atoms. The maximum atomic E-state index is 6.24. The topological polar surface area (TPSA) is 144 Å². The molecule has 0 unspecified atom stereocenters. The summed E-state index contributed by atoms with van der Waals surface area (Å²) in [7, 11) is 0. The second-order valence-corrected chi connectivity index (χ2v) is 32.4. The Kier molecular flexibility index (Phi) is 18.6. The molecule has 598 valence electrons. The van der Waals surface area contributed by atoms with Crippen molar-refractivity contribution in [2.24, 2.45) is 0 Å². The van der Waals surface area contributed by atoms with Gasteiger partial charge in [0, 0.05) is 116 Å². The molecular weight excluding hydrogens is 1550 g/mol. The highest BCUT2D eigenvalue weighted by Crippen LogP contribution is 2.52. The van der Waals surface area contributed by atoms with Gasteiger partial charge < -0.3 is 18.1 Å². The number of aromatic nitrogens is 12. The Morgan fingerprint density at radius 1 is 0.181 bits per heavy atom. The SMILES string of the molecule is CC1(C)c2ccccc2-c2cc3c4ccccc4n(-c4ccc(-c5nc(-c6ccccc6)nc(-c6ccccc6)n5)cc4)c3cc21.c1ccc(-c2nc(-c3ccccc3)nc(-c3ccc(-n4c5ccccc5c5cc6oc7ccccc7c6cc54)cc3)n2)cc1.c1ccc(-c2nc(-c3ccccc3)nc(-c3cccc(-n4c5ccccc5c5ccccc54)c3)n2)cc1. The number of fused-ring (bicyclic) bond motifs is 15. The maximum absolute atomic E-state index is 6.24. The van der Waals surface area contributed by atoms with E-state index in [1.807, 2.05) is 194 Å². The van der Waals surface area contributed by atoms with Gasteiger partial charge in [-0.2, -0.15) is 0 Å². The molecule has 0 saturated carbocycles. The summed E-state index contributed by atoms with van der Waals surface area (Å²) in [5, 5.41) is 9.58. The van der Waals surface area contributed by atoms with Crippen LogP contribution in [0.1, 0.15) is 25.0 Å². The molecule has 1 aliphatic carbocycles. The van der Waals surface area contributed by atoms with Crippen LogP contribution in [-0.4, -0.2) is 58.6 Å². The van der Waals surface area contributed by atoms with E-state index >= 15 is 0 Å². The zero-order valence-electron chi connectivity index (χ0n) is 69.2. The average Bonchev–Trinajstić information content (AvgIpc) is 1.55. The van der Waals surface area contributed by atoms with Crippen LogP contribution in [0.15, 0.2) is 429 Å². The van der Waals surface area contributed by atoms with Crippen LogP contribution in [0.4, 0.5) is 0 Å². The highest BCUT2D eigenvalue weighted by Gasteiger charge is 2.36. The molecule has 0 N–H and O–H groups in total. The first kappa shape index (κ1) is 75.0. The zero-order chi connectivity index (χ0) is 84.5. The van der Waals surface area contributed by atoms with Crippen molar-refractivity contribution in [2.45, 2.75) is 19.3 Å². The van der Waals surface area contributed by atoms with E-state index in [1.165, 1.54) is 71.3 Å². The Morgan fingerprint density at radius 3 is 0.882 bits per heavy atom. The van der Waals surface area contributed by atoms with Crippen LogP contribution in [0.25, 0.3) is 218 Å². The summed E-state index contributed by atoms with van der Waals surface area (Å²) in [6.07, 6.45) is 0. The Hall–Kier alpha value is -17.0. The zero-order valence-corrected chi connectivity index (χ0v) is 69.2. The molecule has 1 aliphatic rings. The Labute approximate surface area is 731 Å². The molecule has 0 bridgehead atoms. The number of hydrogen-bond acceptors (Lipinski definition) is 10. The number of furan rings is 1. The fourth-order valence-electron chi connectivity index (χ4n) is 18.2. The normalized spacial score (nSPS) is 12.1. The molecule has 25 rings (SSSR count). The van der Waals surface area contributed by atoms with Crippen LogP contribution in [0, 0.1) is 0 Å². The van der Waals surface area contributed by atoms with Gasteiger partial charge in [-0.05, 0) is 138 Å². The number of para-hydroxylation sites is 5. The lowest BCUT2D eigenvalue weighted by molar-refractivity contribution is 0.661. The highest BCUT2D eigenvalue weighted by molar-refractivity contribution is 6.18. The van der Waals surface area contributed by atoms with Gasteiger partial charge in [-0.15, -0.1) is 0 Å². The number of benzene rings is 17. The van der Waals surface area contributed by atoms with Crippen molar-refractivity contribution in [1.82, 2.24) is 58.6 Å². The van der Waals surface area contributed by atoms with Crippen LogP contribution in [0.5, 0.6) is 0 Å². The van der Waals surface area contributed by atoms with Gasteiger partial charge in [0.25, 0.3) is 0 Å². The summed E-state index contributed by atoms with van der Waals surface area (Å²) in [6, 6.07) is 147. The largest absolute Gasteiger partial charge is 0.456 e. The lowest BCUT2D eigenvalue weighted by Gasteiger charge is -2.21. The molecule has 17 aromatic carbocycles. The number of hydrogen-bond donors (Lipinski definition) is 0. The molecule has 0 radical (unpaired) electrons. The molecule has 7 aromatic heterocycles. The molecular formula is C114H76N12O. The Morgan fingerprint density at radius 2 is 0.480 bits per heavy atom. The van der Waals surface area contributed by atoms with Crippen molar-refractivity contribution in [3.05, 3.63) is 436 Å². The van der Waals surface area contributed by atoms with E-state index in [1.54, 1.807) is 0 Å². The van der Waals surface area contributed by atoms with Gasteiger partial charge in [-0.25, -0.2) is 44.9 Å². The van der Waals surface area contributed by atoms with E-state index < -0.39 is 0 Å². The first-order valence-corrected chi connectivity index (χ1v) is 42.6. The van der Waals surface area contributed by atoms with Gasteiger partial charge in [0.15, 0.2) is 52.4 Å². The van der Waals surface area contributed by atoms with Crippen LogP contribution in [0.2, 0.25) is 0 Å². The summed E-state index contributed by atoms with van der Waals surface area (Å²) in [5.41, 5.74) is 26.0. The fourth-order valence-corrected chi connectivity index (χ4v) is 18.2. The summed E-state index contributed by atoms with van der Waals surface area (Å²) in [5.74, 6) is 5.88. The van der Waals surface area contributed by atoms with Gasteiger partial charge >= 0.3 is 0 Å². The highest BCUT2D eigenvalue weighted by atomic mass is 16.3. The van der Waals surface area contributed by atoms with E-state index in [4.69, 9.17) is 49.3 Å². The summed E-state index contributed by atoms with van der Waals surface area (Å²) in [6.45, 7) is 4.68. The first-order valence-electron chi connectivity index (χ1n) is 42.6. The predicted octanol–water partition coefficient (Wildman–Crippen LogP) is 28.1. The van der Waals surface area contributed by atoms with E-state index in [0.29, 0.717) is 52.4 Å². The fraction of sp³-hybridized carbons (Fsp3) is 0.0263. The third-order valence-corrected chi connectivity index (χ3v) is 24.4. The number of rotatable bonds is 12. The van der Waals surface area contributed by atoms with E-state index in [2.05, 4.69) is 258 Å². The number of nitrogens with zero attached hydrogens (tertiary/aromatic N) is 12. The van der Waals surface area contributed by atoms with Gasteiger partial charge in [-0.3, -0.25) is 0 Å². The summed E-state index contributed by atoms with van der Waals surface area (Å²) >= 11 is 0. The van der Waals surface area contributed by atoms with Crippen molar-refractivity contribution in [1.29, 1.82) is 0 Å². The molecule has 0 amide bonds. The summed E-state index contributed by atoms with van der Waals surface area (Å²) < 4.78 is 13.3. The molecule has 0 saturated heterocycles. The molecule has 0 aliphatic heterocycles. The molecule has 24 aromatic rings. The van der Waals surface area contributed by atoms with Crippen molar-refractivity contribution in [3.8, 4) is 131 Å². The maximum Gasteiger partial charge on any atom is 0.164 e. The minimum Gasteiger partial charge on any atom is -0.456 e. The van der Waals surface area contributed by atoms with Crippen LogP contribution in [0.3, 0.4) is 0 Å². The van der Waals surface area contributed by atoms with E-state index in [9.17, 15) is 0 Å². The van der Waals surface area contributed by atoms with Crippen LogP contribution >= 0.6 is 0 Å². The molecule has 127 heavy (non-hydrogen) atoms. The second kappa shape index (κ2) is 31.5. The minimum absolute atomic E-state index is 0.0726. The monoisotopic (exact) mass is 1630 g/mol. The van der Waals surface area contributed by atoms with Gasteiger partial charge in [0.1, 0.15) is 11.2 Å². The lowest BCUT2D eigenvalue weighted by Crippen LogP contribution is -2.14. The van der Waals surface area contributed by atoms with Crippen LogP contribution in [-0.2, 0) is 5.41 Å². The standard InChI is InChI=1S/C42H30N4.C39H24N4O.C33H22N4/c1-42(2)35-19-11-9-17-31(35)33-25-34-32-18-10-12-20-37(32)46(38(34)26-36(33)42)30-23-21-29(22-24-30)41-44-39(27-13-5-3-6-14-27)43-40(45-41)28-15-7-4-8-16-28;1-3-11-25(12-4-1)37-40-38(26-13-5-2-6-14-26)42-39(41-37)27-19-21-28(22-20-27)43-33-17-9-7-15-29(33)31-24-36-32(23-34(31)43)30-16-8-10-18-35(30)44-36;1-3-12-23(13-4-1)31-34-32(24-14-5-2-6-15-24)36-33(35-31)25-16-11-17-26(22-25)37-29-20-9-7-18-27(29)28-19-8-10-21-30(28)37/h3-26H,1-2H3;1-24H;1-22H. The first-order chi connectivity index (χ1) is 62.7. The van der Waals surface area contributed by atoms with Gasteiger partial charge in [-0.1, -0.05) is 323 Å². The van der Waals surface area contributed by atoms with Crippen molar-refractivity contribution < 1.29 is 4.42 Å². The smallest absolute Gasteiger partial charge is 0.164 e. The van der Waals surface area contributed by atoms with Gasteiger partial charge in [0.2, 0.25) is 0 Å². The minimum atomic E-state index is -0.0726. The van der Waals surface area contributed by atoms with Crippen molar-refractivity contribution in [3.63, 3.8) is 0 Å². The third kappa shape index (κ3) is 13.6. The quantitative estimate of drug-likeness (QED) is 0.116. The average molecular weight is 1630 g/mol. The third-order valence-electron chi connectivity index (χ3n) is 24.4. The molecule has 13 nitrogen and oxygen atoms in total. The molecule has 0 fully saturated rings. The Balaban J connectivity index is 0.000000110. The summed E-state index contributed by atoms with van der Waals surface area (Å²) in [4.78, 5) is 44.0. The van der Waals surface area contributed by atoms with Crippen LogP contribution < -0.4 is 0 Å². The van der Waals surface area contributed by atoms with E-state index in [-0.39, 0.29) is 5.41 Å². The van der Waals surface area contributed by atoms with Crippen molar-refractivity contribution in [2.75, 3.05) is 0 Å². The van der Waals surface area contributed by atoms with Crippen molar-refractivity contribution >= 4 is 87.4 Å². The predicted molar refractivity (Wildman–Crippen MR) is 516 cm³/mol. The molecule has 0 atom stereocenters. The van der Waals surface area contributed by atoms with Gasteiger partial charge in [0.05, 0.1) is 33.1 Å². The Bertz CT molecular complexity index is 8090. The lowest BCUT2D eigenvalue weighted by atomic mass is 9.82. The van der Waals surface area contributed by atoms with E-state index in [0.717, 1.165) is 105 Å². The molecule has 13 heteroatoms. The molecule has 7 heterocycles. The second-order valence-electron chi connectivity index (χ2n) is 32.4.